The average molecular weight is 406 g/mol. The number of nitrogens with zero attached hydrogens (tertiary/aromatic N) is 3. The van der Waals surface area contributed by atoms with Gasteiger partial charge in [-0.3, -0.25) is 14.6 Å². The van der Waals surface area contributed by atoms with Gasteiger partial charge >= 0.3 is 0 Å². The maximum Gasteiger partial charge on any atom is 0.275 e. The molecule has 4 rings (SSSR count). The molecule has 1 fully saturated rings. The minimum atomic E-state index is -0.642. The molecule has 0 bridgehead atoms. The van der Waals surface area contributed by atoms with Gasteiger partial charge in [-0.15, -0.1) is 0 Å². The molecule has 2 aliphatic rings. The highest BCUT2D eigenvalue weighted by Gasteiger charge is 2.48. The van der Waals surface area contributed by atoms with Crippen molar-refractivity contribution in [2.75, 3.05) is 6.54 Å². The molecule has 146 valence electrons. The lowest BCUT2D eigenvalue weighted by Gasteiger charge is -2.38. The van der Waals surface area contributed by atoms with Crippen LogP contribution in [0.4, 0.5) is 5.69 Å². The third-order valence-corrected chi connectivity index (χ3v) is 5.91. The molecule has 6 heteroatoms. The van der Waals surface area contributed by atoms with Gasteiger partial charge in [0.2, 0.25) is 0 Å². The number of hydrogen-bond acceptors (Lipinski definition) is 3. The first-order chi connectivity index (χ1) is 14.0. The number of amides is 1. The molecular formula is C23H20ClN3O2. The number of Topliss-reactive ketones (excluding diaryl/α,β-unsaturated/α-hetero) is 1. The largest absolute Gasteiger partial charge is 0.305 e. The normalized spacial score (nSPS) is 17.9. The van der Waals surface area contributed by atoms with E-state index in [2.05, 4.69) is 4.85 Å². The van der Waals surface area contributed by atoms with Gasteiger partial charge in [0.25, 0.3) is 5.91 Å². The number of benzene rings is 2. The summed E-state index contributed by atoms with van der Waals surface area (Å²) in [4.78, 5) is 36.1. The van der Waals surface area contributed by atoms with E-state index < -0.39 is 5.66 Å². The summed E-state index contributed by atoms with van der Waals surface area (Å²) < 4.78 is 0. The molecule has 0 atom stereocenters. The molecule has 1 aliphatic heterocycles. The maximum atomic E-state index is 13.3. The Kier molecular flexibility index (Phi) is 5.21. The Morgan fingerprint density at radius 1 is 1.07 bits per heavy atom. The van der Waals surface area contributed by atoms with E-state index in [1.807, 2.05) is 0 Å². The fourth-order valence-electron chi connectivity index (χ4n) is 4.10. The number of carbonyl (C=O) groups is 2. The zero-order valence-corrected chi connectivity index (χ0v) is 16.7. The summed E-state index contributed by atoms with van der Waals surface area (Å²) in [6.07, 6.45) is 4.60. The van der Waals surface area contributed by atoms with Crippen LogP contribution in [-0.4, -0.2) is 34.5 Å². The highest BCUT2D eigenvalue weighted by molar-refractivity contribution is 6.47. The summed E-state index contributed by atoms with van der Waals surface area (Å²) >= 11 is 5.99. The second-order valence-corrected chi connectivity index (χ2v) is 7.92. The van der Waals surface area contributed by atoms with Crippen LogP contribution in [-0.2, 0) is 4.79 Å². The molecule has 1 amide bonds. The molecule has 0 aromatic heterocycles. The van der Waals surface area contributed by atoms with Crippen molar-refractivity contribution >= 4 is 34.7 Å². The van der Waals surface area contributed by atoms with Gasteiger partial charge in [-0.1, -0.05) is 54.4 Å². The van der Waals surface area contributed by atoms with Crippen LogP contribution < -0.4 is 0 Å². The molecule has 29 heavy (non-hydrogen) atoms. The predicted octanol–water partition coefficient (Wildman–Crippen LogP) is 5.07. The molecule has 0 unspecified atom stereocenters. The number of hydrogen-bond donors (Lipinski definition) is 0. The van der Waals surface area contributed by atoms with Crippen molar-refractivity contribution in [1.82, 2.24) is 4.90 Å². The van der Waals surface area contributed by atoms with Crippen molar-refractivity contribution < 1.29 is 9.59 Å². The zero-order chi connectivity index (χ0) is 20.4. The van der Waals surface area contributed by atoms with Crippen LogP contribution in [0.15, 0.2) is 53.5 Å². The lowest BCUT2D eigenvalue weighted by Crippen LogP contribution is -2.50. The predicted molar refractivity (Wildman–Crippen MR) is 113 cm³/mol. The molecule has 0 N–H and O–H groups in total. The Bertz CT molecular complexity index is 1010. The van der Waals surface area contributed by atoms with E-state index in [-0.39, 0.29) is 18.2 Å². The van der Waals surface area contributed by atoms with E-state index in [0.717, 1.165) is 37.7 Å². The molecule has 1 heterocycles. The van der Waals surface area contributed by atoms with Crippen molar-refractivity contribution in [3.63, 3.8) is 0 Å². The van der Waals surface area contributed by atoms with E-state index in [0.29, 0.717) is 22.0 Å². The number of halogens is 1. The Morgan fingerprint density at radius 2 is 1.72 bits per heavy atom. The van der Waals surface area contributed by atoms with Gasteiger partial charge in [0.1, 0.15) is 11.4 Å². The molecule has 0 saturated heterocycles. The molecule has 0 radical (unpaired) electrons. The average Bonchev–Trinajstić information content (AvgIpc) is 3.01. The summed E-state index contributed by atoms with van der Waals surface area (Å²) in [5, 5.41) is 0.599. The van der Waals surface area contributed by atoms with Crippen LogP contribution in [0.3, 0.4) is 0 Å². The molecule has 1 saturated carbocycles. The minimum absolute atomic E-state index is 0.0171. The van der Waals surface area contributed by atoms with Crippen LogP contribution in [0.1, 0.15) is 48.0 Å². The summed E-state index contributed by atoms with van der Waals surface area (Å²) in [5.74, 6) is -0.354. The highest BCUT2D eigenvalue weighted by Crippen LogP contribution is 2.39. The van der Waals surface area contributed by atoms with E-state index in [1.54, 1.807) is 53.4 Å². The van der Waals surface area contributed by atoms with Crippen molar-refractivity contribution in [3.8, 4) is 0 Å². The van der Waals surface area contributed by atoms with E-state index in [9.17, 15) is 9.59 Å². The van der Waals surface area contributed by atoms with Crippen LogP contribution in [0.25, 0.3) is 4.85 Å². The Labute approximate surface area is 174 Å². The SMILES string of the molecule is [C-]#[N+]c1ccc(C(=O)CN2C(=O)C(c3ccc(Cl)cc3)=NC23CCCCC3)cc1. The lowest BCUT2D eigenvalue weighted by atomic mass is 9.88. The standard InChI is InChI=1S/C23H20ClN3O2/c1-25-19-11-7-16(8-12-19)20(28)15-27-22(29)21(17-5-9-18(24)10-6-17)26-23(27)13-3-2-4-14-23/h5-12H,2-4,13-15H2. The topological polar surface area (TPSA) is 54.1 Å². The van der Waals surface area contributed by atoms with Crippen molar-refractivity contribution in [2.45, 2.75) is 37.8 Å². The van der Waals surface area contributed by atoms with E-state index in [1.165, 1.54) is 0 Å². The molecule has 2 aromatic rings. The fraction of sp³-hybridized carbons (Fsp3) is 0.304. The monoisotopic (exact) mass is 405 g/mol. The molecule has 1 spiro atoms. The van der Waals surface area contributed by atoms with Gasteiger partial charge in [-0.25, -0.2) is 4.85 Å². The lowest BCUT2D eigenvalue weighted by molar-refractivity contribution is -0.128. The van der Waals surface area contributed by atoms with Gasteiger partial charge in [0.15, 0.2) is 11.5 Å². The summed E-state index contributed by atoms with van der Waals surface area (Å²) in [6, 6.07) is 13.6. The van der Waals surface area contributed by atoms with Crippen molar-refractivity contribution in [1.29, 1.82) is 0 Å². The summed E-state index contributed by atoms with van der Waals surface area (Å²) in [6.45, 7) is 7.02. The second-order valence-electron chi connectivity index (χ2n) is 7.48. The molecule has 1 aliphatic carbocycles. The summed E-state index contributed by atoms with van der Waals surface area (Å²) in [5.41, 5.74) is 1.46. The van der Waals surface area contributed by atoms with Gasteiger partial charge in [0, 0.05) is 16.1 Å². The number of rotatable bonds is 4. The second kappa shape index (κ2) is 7.81. The maximum absolute atomic E-state index is 13.3. The van der Waals surface area contributed by atoms with Gasteiger partial charge in [-0.2, -0.15) is 0 Å². The number of ketones is 1. The van der Waals surface area contributed by atoms with Gasteiger partial charge in [0.05, 0.1) is 13.1 Å². The third kappa shape index (κ3) is 3.68. The molecular weight excluding hydrogens is 386 g/mol. The van der Waals surface area contributed by atoms with Gasteiger partial charge < -0.3 is 4.90 Å². The smallest absolute Gasteiger partial charge is 0.275 e. The van der Waals surface area contributed by atoms with Crippen LogP contribution in [0, 0.1) is 6.57 Å². The summed E-state index contributed by atoms with van der Waals surface area (Å²) in [7, 11) is 0. The molecule has 2 aromatic carbocycles. The number of aliphatic imine (C=N–C) groups is 1. The first-order valence-electron chi connectivity index (χ1n) is 9.71. The Morgan fingerprint density at radius 3 is 2.34 bits per heavy atom. The first kappa shape index (κ1) is 19.4. The first-order valence-corrected chi connectivity index (χ1v) is 10.1. The van der Waals surface area contributed by atoms with E-state index in [4.69, 9.17) is 23.2 Å². The molecule has 5 nitrogen and oxygen atoms in total. The fourth-order valence-corrected chi connectivity index (χ4v) is 4.23. The van der Waals surface area contributed by atoms with Crippen molar-refractivity contribution in [3.05, 3.63) is 76.1 Å². The number of carbonyl (C=O) groups excluding carboxylic acids is 2. The third-order valence-electron chi connectivity index (χ3n) is 5.66. The van der Waals surface area contributed by atoms with E-state index >= 15 is 0 Å². The van der Waals surface area contributed by atoms with Crippen LogP contribution in [0.5, 0.6) is 0 Å². The minimum Gasteiger partial charge on any atom is -0.305 e. The van der Waals surface area contributed by atoms with Crippen molar-refractivity contribution in [2.24, 2.45) is 4.99 Å². The van der Waals surface area contributed by atoms with Gasteiger partial charge in [-0.05, 0) is 37.8 Å². The Hall–Kier alpha value is -2.97. The zero-order valence-electron chi connectivity index (χ0n) is 15.9. The quantitative estimate of drug-likeness (QED) is 0.527. The van der Waals surface area contributed by atoms with Crippen LogP contribution in [0.2, 0.25) is 5.02 Å². The Balaban J connectivity index is 1.64. The van der Waals surface area contributed by atoms with Crippen LogP contribution >= 0.6 is 11.6 Å². The highest BCUT2D eigenvalue weighted by atomic mass is 35.5.